The van der Waals surface area contributed by atoms with Crippen LogP contribution in [0.25, 0.3) is 0 Å². The third-order valence-corrected chi connectivity index (χ3v) is 3.47. The van der Waals surface area contributed by atoms with Crippen molar-refractivity contribution >= 4 is 0 Å². The van der Waals surface area contributed by atoms with E-state index in [9.17, 15) is 4.39 Å². The van der Waals surface area contributed by atoms with Crippen molar-refractivity contribution in [1.82, 2.24) is 0 Å². The molecule has 2 heteroatoms. The first-order valence-electron chi connectivity index (χ1n) is 5.63. The zero-order chi connectivity index (χ0) is 10.9. The normalized spacial score (nSPS) is 20.7. The number of alkyl halides is 1. The molecule has 15 heavy (non-hydrogen) atoms. The number of rotatable bonds is 3. The highest BCUT2D eigenvalue weighted by molar-refractivity contribution is 5.30. The van der Waals surface area contributed by atoms with Crippen LogP contribution in [0.4, 0.5) is 4.39 Å². The van der Waals surface area contributed by atoms with Crippen LogP contribution in [-0.4, -0.2) is 6.54 Å². The molecular weight excluding hydrogens is 189 g/mol. The maximum atomic E-state index is 13.9. The van der Waals surface area contributed by atoms with Crippen LogP contribution in [-0.2, 0) is 5.67 Å². The Labute approximate surface area is 90.5 Å². The van der Waals surface area contributed by atoms with Gasteiger partial charge in [-0.3, -0.25) is 0 Å². The minimum atomic E-state index is -1.39. The molecule has 1 saturated carbocycles. The van der Waals surface area contributed by atoms with Gasteiger partial charge in [-0.1, -0.05) is 30.7 Å². The third kappa shape index (κ3) is 2.05. The second-order valence-electron chi connectivity index (χ2n) is 4.65. The smallest absolute Gasteiger partial charge is 0.145 e. The van der Waals surface area contributed by atoms with Gasteiger partial charge in [0.25, 0.3) is 0 Å². The van der Waals surface area contributed by atoms with E-state index < -0.39 is 5.67 Å². The standard InChI is InChI=1S/C13H18FN/c1-13(14,9-15)12-7-5-11(6-8-12)10-3-2-4-10/h5-8,10H,2-4,9,15H2,1H3. The molecule has 1 atom stereocenters. The molecule has 0 heterocycles. The van der Waals surface area contributed by atoms with E-state index in [1.165, 1.54) is 31.7 Å². The van der Waals surface area contributed by atoms with Crippen molar-refractivity contribution in [1.29, 1.82) is 0 Å². The monoisotopic (exact) mass is 207 g/mol. The van der Waals surface area contributed by atoms with Gasteiger partial charge in [0.15, 0.2) is 0 Å². The van der Waals surface area contributed by atoms with Crippen LogP contribution in [0.2, 0.25) is 0 Å². The summed E-state index contributed by atoms with van der Waals surface area (Å²) >= 11 is 0. The SMILES string of the molecule is CC(F)(CN)c1ccc(C2CCC2)cc1. The van der Waals surface area contributed by atoms with Gasteiger partial charge in [-0.05, 0) is 36.8 Å². The highest BCUT2D eigenvalue weighted by Crippen LogP contribution is 2.37. The lowest BCUT2D eigenvalue weighted by atomic mass is 9.79. The summed E-state index contributed by atoms with van der Waals surface area (Å²) in [5, 5.41) is 0. The van der Waals surface area contributed by atoms with Crippen LogP contribution in [0, 0.1) is 0 Å². The molecule has 1 aliphatic rings. The third-order valence-electron chi connectivity index (χ3n) is 3.47. The average Bonchev–Trinajstić information content (AvgIpc) is 2.16. The Balaban J connectivity index is 2.16. The largest absolute Gasteiger partial charge is 0.327 e. The highest BCUT2D eigenvalue weighted by Gasteiger charge is 2.24. The Morgan fingerprint density at radius 1 is 1.33 bits per heavy atom. The lowest BCUT2D eigenvalue weighted by Gasteiger charge is -2.26. The van der Waals surface area contributed by atoms with Gasteiger partial charge in [-0.25, -0.2) is 4.39 Å². The quantitative estimate of drug-likeness (QED) is 0.809. The molecule has 1 aromatic rings. The summed E-state index contributed by atoms with van der Waals surface area (Å²) in [5.41, 5.74) is 6.04. The number of hydrogen-bond acceptors (Lipinski definition) is 1. The van der Waals surface area contributed by atoms with Gasteiger partial charge < -0.3 is 5.73 Å². The Morgan fingerprint density at radius 3 is 2.33 bits per heavy atom. The Bertz CT molecular complexity index is 325. The molecule has 1 nitrogen and oxygen atoms in total. The first kappa shape index (κ1) is 10.6. The second kappa shape index (κ2) is 3.93. The summed E-state index contributed by atoms with van der Waals surface area (Å²) < 4.78 is 13.9. The maximum Gasteiger partial charge on any atom is 0.145 e. The van der Waals surface area contributed by atoms with Gasteiger partial charge in [-0.2, -0.15) is 0 Å². The molecule has 0 aromatic heterocycles. The molecule has 0 saturated heterocycles. The Morgan fingerprint density at radius 2 is 1.93 bits per heavy atom. The molecule has 1 aromatic carbocycles. The molecule has 0 aliphatic heterocycles. The number of hydrogen-bond donors (Lipinski definition) is 1. The first-order valence-corrected chi connectivity index (χ1v) is 5.63. The van der Waals surface area contributed by atoms with Gasteiger partial charge in [0, 0.05) is 6.54 Å². The van der Waals surface area contributed by atoms with E-state index in [0.717, 1.165) is 0 Å². The van der Waals surface area contributed by atoms with E-state index in [1.807, 2.05) is 24.3 Å². The van der Waals surface area contributed by atoms with Crippen LogP contribution in [0.15, 0.2) is 24.3 Å². The van der Waals surface area contributed by atoms with Gasteiger partial charge in [0.2, 0.25) is 0 Å². The molecule has 82 valence electrons. The zero-order valence-corrected chi connectivity index (χ0v) is 9.17. The lowest BCUT2D eigenvalue weighted by molar-refractivity contribution is 0.203. The van der Waals surface area contributed by atoms with E-state index in [0.29, 0.717) is 11.5 Å². The summed E-state index contributed by atoms with van der Waals surface area (Å²) in [7, 11) is 0. The van der Waals surface area contributed by atoms with E-state index in [4.69, 9.17) is 5.73 Å². The van der Waals surface area contributed by atoms with Crippen LogP contribution in [0.3, 0.4) is 0 Å². The van der Waals surface area contributed by atoms with Crippen molar-refractivity contribution in [2.24, 2.45) is 5.73 Å². The summed E-state index contributed by atoms with van der Waals surface area (Å²) in [5.74, 6) is 0.711. The van der Waals surface area contributed by atoms with E-state index in [2.05, 4.69) is 0 Å². The Hall–Kier alpha value is -0.890. The van der Waals surface area contributed by atoms with Crippen molar-refractivity contribution < 1.29 is 4.39 Å². The fraction of sp³-hybridized carbons (Fsp3) is 0.538. The van der Waals surface area contributed by atoms with Gasteiger partial charge in [0.05, 0.1) is 0 Å². The van der Waals surface area contributed by atoms with E-state index >= 15 is 0 Å². The molecule has 0 amide bonds. The molecule has 0 radical (unpaired) electrons. The molecule has 1 unspecified atom stereocenters. The van der Waals surface area contributed by atoms with Crippen LogP contribution in [0.5, 0.6) is 0 Å². The van der Waals surface area contributed by atoms with E-state index in [1.54, 1.807) is 0 Å². The fourth-order valence-electron chi connectivity index (χ4n) is 1.96. The van der Waals surface area contributed by atoms with Crippen LogP contribution in [0.1, 0.15) is 43.2 Å². The van der Waals surface area contributed by atoms with Gasteiger partial charge >= 0.3 is 0 Å². The number of benzene rings is 1. The summed E-state index contributed by atoms with van der Waals surface area (Å²) in [6.45, 7) is 1.57. The highest BCUT2D eigenvalue weighted by atomic mass is 19.1. The number of halogens is 1. The molecule has 0 spiro atoms. The van der Waals surface area contributed by atoms with Crippen molar-refractivity contribution in [2.45, 2.75) is 37.8 Å². The van der Waals surface area contributed by atoms with E-state index in [-0.39, 0.29) is 6.54 Å². The predicted octanol–water partition coefficient (Wildman–Crippen LogP) is 3.10. The Kier molecular flexibility index (Phi) is 2.79. The summed E-state index contributed by atoms with van der Waals surface area (Å²) in [6, 6.07) is 7.85. The average molecular weight is 207 g/mol. The van der Waals surface area contributed by atoms with Gasteiger partial charge in [0.1, 0.15) is 5.67 Å². The molecule has 2 N–H and O–H groups in total. The molecule has 1 aliphatic carbocycles. The van der Waals surface area contributed by atoms with Gasteiger partial charge in [-0.15, -0.1) is 0 Å². The minimum Gasteiger partial charge on any atom is -0.327 e. The first-order chi connectivity index (χ1) is 7.13. The van der Waals surface area contributed by atoms with Crippen molar-refractivity contribution in [3.05, 3.63) is 35.4 Å². The predicted molar refractivity (Wildman–Crippen MR) is 60.5 cm³/mol. The number of nitrogens with two attached hydrogens (primary N) is 1. The zero-order valence-electron chi connectivity index (χ0n) is 9.17. The lowest BCUT2D eigenvalue weighted by Crippen LogP contribution is -2.26. The maximum absolute atomic E-state index is 13.9. The van der Waals surface area contributed by atoms with Crippen molar-refractivity contribution in [2.75, 3.05) is 6.54 Å². The molecule has 2 rings (SSSR count). The minimum absolute atomic E-state index is 0.0375. The molecule has 0 bridgehead atoms. The molecule has 1 fully saturated rings. The van der Waals surface area contributed by atoms with Crippen LogP contribution < -0.4 is 5.73 Å². The van der Waals surface area contributed by atoms with Crippen molar-refractivity contribution in [3.8, 4) is 0 Å². The summed E-state index contributed by atoms with van der Waals surface area (Å²) in [6.07, 6.45) is 3.89. The summed E-state index contributed by atoms with van der Waals surface area (Å²) in [4.78, 5) is 0. The van der Waals surface area contributed by atoms with Crippen molar-refractivity contribution in [3.63, 3.8) is 0 Å². The topological polar surface area (TPSA) is 26.0 Å². The molecular formula is C13H18FN. The van der Waals surface area contributed by atoms with Crippen LogP contribution >= 0.6 is 0 Å². The second-order valence-corrected chi connectivity index (χ2v) is 4.65. The fourth-order valence-corrected chi connectivity index (χ4v) is 1.96.